The van der Waals surface area contributed by atoms with Crippen molar-refractivity contribution in [3.63, 3.8) is 0 Å². The van der Waals surface area contributed by atoms with Gasteiger partial charge in [-0.25, -0.2) is 4.98 Å². The number of hydrogen-bond donors (Lipinski definition) is 1. The van der Waals surface area contributed by atoms with Crippen molar-refractivity contribution in [3.8, 4) is 0 Å². The van der Waals surface area contributed by atoms with Gasteiger partial charge in [-0.3, -0.25) is 14.7 Å². The number of pyridine rings is 1. The van der Waals surface area contributed by atoms with E-state index in [0.29, 0.717) is 5.92 Å². The molecule has 6 nitrogen and oxygen atoms in total. The number of fused-ring (bicyclic) bond motifs is 1. The molecule has 1 saturated heterocycles. The molecule has 3 aromatic rings. The molecule has 140 valence electrons. The van der Waals surface area contributed by atoms with E-state index in [2.05, 4.69) is 44.1 Å². The highest BCUT2D eigenvalue weighted by Crippen LogP contribution is 2.22. The van der Waals surface area contributed by atoms with Gasteiger partial charge in [-0.15, -0.1) is 0 Å². The SMILES string of the molecule is CC(=O)N1CCN(Cc2cnc[nH]2)CC(Cc2cccc3cccnc23)C1. The molecule has 0 radical (unpaired) electrons. The van der Waals surface area contributed by atoms with Crippen LogP contribution in [0.15, 0.2) is 49.1 Å². The summed E-state index contributed by atoms with van der Waals surface area (Å²) in [5, 5.41) is 1.17. The summed E-state index contributed by atoms with van der Waals surface area (Å²) in [5.74, 6) is 0.520. The van der Waals surface area contributed by atoms with Gasteiger partial charge >= 0.3 is 0 Å². The lowest BCUT2D eigenvalue weighted by Crippen LogP contribution is -2.34. The van der Waals surface area contributed by atoms with Crippen LogP contribution in [-0.4, -0.2) is 56.8 Å². The van der Waals surface area contributed by atoms with Crippen LogP contribution in [0.25, 0.3) is 10.9 Å². The quantitative estimate of drug-likeness (QED) is 0.773. The lowest BCUT2D eigenvalue weighted by Gasteiger charge is -2.24. The zero-order chi connectivity index (χ0) is 18.6. The average Bonchev–Trinajstić information content (AvgIpc) is 3.09. The summed E-state index contributed by atoms with van der Waals surface area (Å²) in [6, 6.07) is 10.4. The Morgan fingerprint density at radius 1 is 1.22 bits per heavy atom. The number of carbonyl (C=O) groups is 1. The van der Waals surface area contributed by atoms with Gasteiger partial charge in [-0.05, 0) is 24.0 Å². The number of hydrogen-bond acceptors (Lipinski definition) is 4. The number of amides is 1. The van der Waals surface area contributed by atoms with E-state index in [4.69, 9.17) is 0 Å². The third-order valence-corrected chi connectivity index (χ3v) is 5.30. The van der Waals surface area contributed by atoms with E-state index < -0.39 is 0 Å². The number of imidazole rings is 1. The first-order valence-electron chi connectivity index (χ1n) is 9.47. The Kier molecular flexibility index (Phi) is 5.16. The average molecular weight is 363 g/mol. The maximum Gasteiger partial charge on any atom is 0.219 e. The third kappa shape index (κ3) is 4.17. The normalized spacial score (nSPS) is 18.6. The van der Waals surface area contributed by atoms with Crippen LogP contribution in [-0.2, 0) is 17.8 Å². The highest BCUT2D eigenvalue weighted by Gasteiger charge is 2.25. The van der Waals surface area contributed by atoms with E-state index in [9.17, 15) is 4.79 Å². The second-order valence-electron chi connectivity index (χ2n) is 7.34. The minimum atomic E-state index is 0.152. The van der Waals surface area contributed by atoms with Gasteiger partial charge in [0.15, 0.2) is 0 Å². The van der Waals surface area contributed by atoms with Crippen LogP contribution in [0.4, 0.5) is 0 Å². The van der Waals surface area contributed by atoms with E-state index in [1.165, 1.54) is 10.9 Å². The Morgan fingerprint density at radius 3 is 2.93 bits per heavy atom. The van der Waals surface area contributed by atoms with Crippen molar-refractivity contribution in [3.05, 3.63) is 60.3 Å². The zero-order valence-electron chi connectivity index (χ0n) is 15.6. The number of aromatic nitrogens is 3. The molecule has 0 bridgehead atoms. The summed E-state index contributed by atoms with van der Waals surface area (Å²) in [7, 11) is 0. The number of para-hydroxylation sites is 1. The molecule has 0 spiro atoms. The van der Waals surface area contributed by atoms with Crippen LogP contribution in [0.3, 0.4) is 0 Å². The predicted molar refractivity (Wildman–Crippen MR) is 105 cm³/mol. The molecule has 1 amide bonds. The summed E-state index contributed by atoms with van der Waals surface area (Å²) in [4.78, 5) is 28.4. The molecule has 3 heterocycles. The Labute approximate surface area is 159 Å². The largest absolute Gasteiger partial charge is 0.347 e. The standard InChI is InChI=1S/C21H25N5O/c1-16(27)26-9-8-25(14-20-11-22-15-24-20)12-17(13-26)10-19-5-2-4-18-6-3-7-23-21(18)19/h2-7,11,15,17H,8-10,12-14H2,1H3,(H,22,24). The third-order valence-electron chi connectivity index (χ3n) is 5.30. The molecule has 27 heavy (non-hydrogen) atoms. The summed E-state index contributed by atoms with van der Waals surface area (Å²) in [5.41, 5.74) is 3.43. The van der Waals surface area contributed by atoms with Crippen LogP contribution in [0, 0.1) is 5.92 Å². The van der Waals surface area contributed by atoms with Gasteiger partial charge in [0.2, 0.25) is 5.91 Å². The lowest BCUT2D eigenvalue weighted by atomic mass is 9.96. The summed E-state index contributed by atoms with van der Waals surface area (Å²) >= 11 is 0. The van der Waals surface area contributed by atoms with E-state index in [0.717, 1.165) is 50.4 Å². The Morgan fingerprint density at radius 2 is 2.11 bits per heavy atom. The van der Waals surface area contributed by atoms with Crippen LogP contribution >= 0.6 is 0 Å². The molecular formula is C21H25N5O. The van der Waals surface area contributed by atoms with E-state index in [1.54, 1.807) is 13.3 Å². The maximum absolute atomic E-state index is 12.1. The molecular weight excluding hydrogens is 338 g/mol. The molecule has 1 aliphatic heterocycles. The highest BCUT2D eigenvalue weighted by molar-refractivity contribution is 5.81. The summed E-state index contributed by atoms with van der Waals surface area (Å²) in [6.07, 6.45) is 6.36. The van der Waals surface area contributed by atoms with Gasteiger partial charge in [0.05, 0.1) is 11.8 Å². The lowest BCUT2D eigenvalue weighted by molar-refractivity contribution is -0.129. The molecule has 2 aromatic heterocycles. The number of nitrogens with one attached hydrogen (secondary N) is 1. The fourth-order valence-corrected chi connectivity index (χ4v) is 3.99. The molecule has 1 unspecified atom stereocenters. The molecule has 6 heteroatoms. The van der Waals surface area contributed by atoms with Crippen LogP contribution in [0.2, 0.25) is 0 Å². The van der Waals surface area contributed by atoms with Crippen molar-refractivity contribution in [1.82, 2.24) is 24.8 Å². The van der Waals surface area contributed by atoms with E-state index in [1.807, 2.05) is 23.4 Å². The Hall–Kier alpha value is -2.73. The van der Waals surface area contributed by atoms with Crippen LogP contribution in [0.5, 0.6) is 0 Å². The molecule has 1 aliphatic rings. The van der Waals surface area contributed by atoms with Gasteiger partial charge < -0.3 is 9.88 Å². The first-order valence-corrected chi connectivity index (χ1v) is 9.47. The molecule has 1 aromatic carbocycles. The number of nitrogens with zero attached hydrogens (tertiary/aromatic N) is 4. The van der Waals surface area contributed by atoms with Gasteiger partial charge in [-0.2, -0.15) is 0 Å². The van der Waals surface area contributed by atoms with Crippen molar-refractivity contribution < 1.29 is 4.79 Å². The predicted octanol–water partition coefficient (Wildman–Crippen LogP) is 2.48. The van der Waals surface area contributed by atoms with Gasteiger partial charge in [-0.1, -0.05) is 24.3 Å². The fraction of sp³-hybridized carbons (Fsp3) is 0.381. The van der Waals surface area contributed by atoms with Crippen molar-refractivity contribution in [2.24, 2.45) is 5.92 Å². The van der Waals surface area contributed by atoms with Gasteiger partial charge in [0.1, 0.15) is 0 Å². The first-order chi connectivity index (χ1) is 13.2. The topological polar surface area (TPSA) is 65.1 Å². The van der Waals surface area contributed by atoms with Crippen LogP contribution in [0.1, 0.15) is 18.2 Å². The number of H-pyrrole nitrogens is 1. The van der Waals surface area contributed by atoms with E-state index in [-0.39, 0.29) is 5.91 Å². The maximum atomic E-state index is 12.1. The van der Waals surface area contributed by atoms with Crippen molar-refractivity contribution in [1.29, 1.82) is 0 Å². The molecule has 0 aliphatic carbocycles. The monoisotopic (exact) mass is 363 g/mol. The molecule has 1 atom stereocenters. The fourth-order valence-electron chi connectivity index (χ4n) is 3.99. The molecule has 1 N–H and O–H groups in total. The summed E-state index contributed by atoms with van der Waals surface area (Å²) in [6.45, 7) is 5.89. The van der Waals surface area contributed by atoms with Gasteiger partial charge in [0.25, 0.3) is 0 Å². The Bertz CT molecular complexity index is 903. The molecule has 4 rings (SSSR count). The van der Waals surface area contributed by atoms with Gasteiger partial charge in [0, 0.05) is 63.1 Å². The first kappa shape index (κ1) is 17.7. The summed E-state index contributed by atoms with van der Waals surface area (Å²) < 4.78 is 0. The number of carbonyl (C=O) groups excluding carboxylic acids is 1. The zero-order valence-corrected chi connectivity index (χ0v) is 15.6. The molecule has 0 saturated carbocycles. The second kappa shape index (κ2) is 7.88. The minimum absolute atomic E-state index is 0.152. The second-order valence-corrected chi connectivity index (χ2v) is 7.34. The van der Waals surface area contributed by atoms with Crippen molar-refractivity contribution in [2.45, 2.75) is 19.9 Å². The van der Waals surface area contributed by atoms with E-state index >= 15 is 0 Å². The van der Waals surface area contributed by atoms with Crippen molar-refractivity contribution >= 4 is 16.8 Å². The number of aromatic amines is 1. The Balaban J connectivity index is 1.56. The van der Waals surface area contributed by atoms with Crippen molar-refractivity contribution in [2.75, 3.05) is 26.2 Å². The smallest absolute Gasteiger partial charge is 0.219 e. The number of benzene rings is 1. The highest BCUT2D eigenvalue weighted by atomic mass is 16.2. The van der Waals surface area contributed by atoms with Crippen LogP contribution < -0.4 is 0 Å². The minimum Gasteiger partial charge on any atom is -0.347 e. The number of rotatable bonds is 4. The molecule has 1 fully saturated rings.